The fourth-order valence-electron chi connectivity index (χ4n) is 2.77. The lowest BCUT2D eigenvalue weighted by atomic mass is 9.97. The highest BCUT2D eigenvalue weighted by atomic mass is 127. The van der Waals surface area contributed by atoms with E-state index in [4.69, 9.17) is 9.47 Å². The molecule has 1 heterocycles. The summed E-state index contributed by atoms with van der Waals surface area (Å²) in [6.45, 7) is 5.57. The number of likely N-dealkylation sites (tertiary alicyclic amines) is 1. The van der Waals surface area contributed by atoms with Gasteiger partial charge in [-0.25, -0.2) is 4.99 Å². The Balaban J connectivity index is 0.00000338. The molecule has 0 saturated carbocycles. The Labute approximate surface area is 180 Å². The van der Waals surface area contributed by atoms with Crippen molar-refractivity contribution >= 4 is 51.8 Å². The molecule has 0 atom stereocenters. The highest BCUT2D eigenvalue weighted by molar-refractivity contribution is 14.0. The molecule has 1 aliphatic heterocycles. The zero-order chi connectivity index (χ0) is 18.1. The average molecular weight is 540 g/mol. The van der Waals surface area contributed by atoms with Crippen molar-refractivity contribution in [3.8, 4) is 5.75 Å². The first-order chi connectivity index (χ1) is 12.1. The number of piperidine rings is 1. The van der Waals surface area contributed by atoms with E-state index < -0.39 is 0 Å². The fraction of sp³-hybridized carbons (Fsp3) is 0.556. The van der Waals surface area contributed by atoms with E-state index in [2.05, 4.69) is 38.1 Å². The molecule has 0 aromatic heterocycles. The van der Waals surface area contributed by atoms with Gasteiger partial charge in [0.25, 0.3) is 0 Å². The summed E-state index contributed by atoms with van der Waals surface area (Å²) < 4.78 is 11.6. The number of ether oxygens (including phenoxy) is 2. The number of carbonyl (C=O) groups excluding carboxylic acids is 1. The summed E-state index contributed by atoms with van der Waals surface area (Å²) in [5.41, 5.74) is 0. The van der Waals surface area contributed by atoms with Gasteiger partial charge in [-0.15, -0.1) is 24.0 Å². The SMILES string of the molecule is CCNC(=NCCOc1ccc(Br)cc1)N1CCC(C(=O)OC)CC1.I. The maximum absolute atomic E-state index is 11.6. The molecule has 6 nitrogen and oxygen atoms in total. The van der Waals surface area contributed by atoms with Crippen molar-refractivity contribution in [3.05, 3.63) is 28.7 Å². The van der Waals surface area contributed by atoms with E-state index in [0.29, 0.717) is 13.2 Å². The van der Waals surface area contributed by atoms with E-state index in [9.17, 15) is 4.79 Å². The predicted molar refractivity (Wildman–Crippen MR) is 117 cm³/mol. The molecule has 1 aromatic carbocycles. The number of hydrogen-bond donors (Lipinski definition) is 1. The number of carbonyl (C=O) groups is 1. The van der Waals surface area contributed by atoms with Gasteiger partial charge in [0.05, 0.1) is 19.6 Å². The van der Waals surface area contributed by atoms with Gasteiger partial charge in [-0.05, 0) is 44.0 Å². The molecule has 146 valence electrons. The molecule has 0 bridgehead atoms. The summed E-state index contributed by atoms with van der Waals surface area (Å²) in [5.74, 6) is 1.61. The van der Waals surface area contributed by atoms with Crippen LogP contribution in [0.2, 0.25) is 0 Å². The molecule has 26 heavy (non-hydrogen) atoms. The first-order valence-electron chi connectivity index (χ1n) is 8.63. The standard InChI is InChI=1S/C18H26BrN3O3.HI/c1-3-20-18(22-11-8-14(9-12-22)17(23)24-2)21-10-13-25-16-6-4-15(19)5-7-16;/h4-7,14H,3,8-13H2,1-2H3,(H,20,21);1H. The molecular weight excluding hydrogens is 513 g/mol. The second kappa shape index (κ2) is 12.4. The number of aliphatic imine (C=N–C) groups is 1. The summed E-state index contributed by atoms with van der Waals surface area (Å²) in [6, 6.07) is 7.76. The van der Waals surface area contributed by atoms with Crippen LogP contribution in [0.5, 0.6) is 5.75 Å². The number of nitrogens with one attached hydrogen (secondary N) is 1. The molecule has 0 unspecified atom stereocenters. The van der Waals surface area contributed by atoms with Gasteiger partial charge in [-0.2, -0.15) is 0 Å². The lowest BCUT2D eigenvalue weighted by Crippen LogP contribution is -2.46. The summed E-state index contributed by atoms with van der Waals surface area (Å²) >= 11 is 3.41. The number of methoxy groups -OCH3 is 1. The predicted octanol–water partition coefficient (Wildman–Crippen LogP) is 3.30. The van der Waals surface area contributed by atoms with E-state index >= 15 is 0 Å². The number of rotatable bonds is 6. The number of halogens is 2. The molecular formula is C18H27BrIN3O3. The van der Waals surface area contributed by atoms with Crippen LogP contribution in [0.25, 0.3) is 0 Å². The zero-order valence-electron chi connectivity index (χ0n) is 15.2. The molecule has 8 heteroatoms. The number of hydrogen-bond acceptors (Lipinski definition) is 4. The van der Waals surface area contributed by atoms with Crippen molar-refractivity contribution in [2.45, 2.75) is 19.8 Å². The highest BCUT2D eigenvalue weighted by Gasteiger charge is 2.26. The third-order valence-corrected chi connectivity index (χ3v) is 4.63. The van der Waals surface area contributed by atoms with Gasteiger partial charge >= 0.3 is 5.97 Å². The summed E-state index contributed by atoms with van der Waals surface area (Å²) in [7, 11) is 1.45. The van der Waals surface area contributed by atoms with Crippen LogP contribution in [0.4, 0.5) is 0 Å². The first kappa shape index (κ1) is 23.0. The Morgan fingerprint density at radius 3 is 2.54 bits per heavy atom. The number of benzene rings is 1. The van der Waals surface area contributed by atoms with Gasteiger partial charge in [0.1, 0.15) is 12.4 Å². The molecule has 0 aliphatic carbocycles. The van der Waals surface area contributed by atoms with E-state index in [1.807, 2.05) is 24.3 Å². The topological polar surface area (TPSA) is 63.2 Å². The van der Waals surface area contributed by atoms with Crippen molar-refractivity contribution in [3.63, 3.8) is 0 Å². The Kier molecular flexibility index (Phi) is 11.0. The van der Waals surface area contributed by atoms with Crippen molar-refractivity contribution in [1.82, 2.24) is 10.2 Å². The Hall–Kier alpha value is -1.03. The Bertz CT molecular complexity index is 576. The summed E-state index contributed by atoms with van der Waals surface area (Å²) in [6.07, 6.45) is 1.60. The fourth-order valence-corrected chi connectivity index (χ4v) is 3.03. The van der Waals surface area contributed by atoms with Crippen LogP contribution in [0, 0.1) is 5.92 Å². The van der Waals surface area contributed by atoms with Crippen molar-refractivity contribution in [2.75, 3.05) is 39.9 Å². The molecule has 1 fully saturated rings. The van der Waals surface area contributed by atoms with Crippen LogP contribution >= 0.6 is 39.9 Å². The van der Waals surface area contributed by atoms with Gasteiger partial charge in [0, 0.05) is 24.1 Å². The normalized spacial score (nSPS) is 15.2. The minimum Gasteiger partial charge on any atom is -0.492 e. The van der Waals surface area contributed by atoms with E-state index in [1.165, 1.54) is 7.11 Å². The minimum absolute atomic E-state index is 0. The zero-order valence-corrected chi connectivity index (χ0v) is 19.2. The number of nitrogens with zero attached hydrogens (tertiary/aromatic N) is 2. The van der Waals surface area contributed by atoms with Crippen LogP contribution < -0.4 is 10.1 Å². The third-order valence-electron chi connectivity index (χ3n) is 4.10. The van der Waals surface area contributed by atoms with Crippen molar-refractivity contribution < 1.29 is 14.3 Å². The first-order valence-corrected chi connectivity index (χ1v) is 9.42. The quantitative estimate of drug-likeness (QED) is 0.198. The summed E-state index contributed by atoms with van der Waals surface area (Å²) in [5, 5.41) is 3.31. The number of esters is 1. The third kappa shape index (κ3) is 7.30. The van der Waals surface area contributed by atoms with Gasteiger partial charge in [-0.3, -0.25) is 4.79 Å². The van der Waals surface area contributed by atoms with E-state index in [0.717, 1.165) is 48.7 Å². The minimum atomic E-state index is -0.107. The second-order valence-electron chi connectivity index (χ2n) is 5.82. The molecule has 1 N–H and O–H groups in total. The molecule has 0 radical (unpaired) electrons. The van der Waals surface area contributed by atoms with Gasteiger partial charge < -0.3 is 19.7 Å². The van der Waals surface area contributed by atoms with Gasteiger partial charge in [0.15, 0.2) is 5.96 Å². The Morgan fingerprint density at radius 2 is 1.96 bits per heavy atom. The van der Waals surface area contributed by atoms with Crippen LogP contribution in [-0.4, -0.2) is 56.7 Å². The van der Waals surface area contributed by atoms with E-state index in [1.54, 1.807) is 0 Å². The summed E-state index contributed by atoms with van der Waals surface area (Å²) in [4.78, 5) is 18.5. The highest BCUT2D eigenvalue weighted by Crippen LogP contribution is 2.18. The molecule has 1 aromatic rings. The second-order valence-corrected chi connectivity index (χ2v) is 6.74. The average Bonchev–Trinajstić information content (AvgIpc) is 2.65. The lowest BCUT2D eigenvalue weighted by Gasteiger charge is -2.33. The maximum atomic E-state index is 11.6. The van der Waals surface area contributed by atoms with Crippen LogP contribution in [0.15, 0.2) is 33.7 Å². The number of guanidine groups is 1. The van der Waals surface area contributed by atoms with Crippen LogP contribution in [0.1, 0.15) is 19.8 Å². The monoisotopic (exact) mass is 539 g/mol. The molecule has 0 spiro atoms. The van der Waals surface area contributed by atoms with Crippen molar-refractivity contribution in [1.29, 1.82) is 0 Å². The molecule has 2 rings (SSSR count). The van der Waals surface area contributed by atoms with Crippen LogP contribution in [-0.2, 0) is 9.53 Å². The lowest BCUT2D eigenvalue weighted by molar-refractivity contribution is -0.146. The van der Waals surface area contributed by atoms with Gasteiger partial charge in [-0.1, -0.05) is 15.9 Å². The van der Waals surface area contributed by atoms with E-state index in [-0.39, 0.29) is 35.9 Å². The smallest absolute Gasteiger partial charge is 0.308 e. The molecule has 1 saturated heterocycles. The van der Waals surface area contributed by atoms with Crippen LogP contribution in [0.3, 0.4) is 0 Å². The Morgan fingerprint density at radius 1 is 1.31 bits per heavy atom. The van der Waals surface area contributed by atoms with Gasteiger partial charge in [0.2, 0.25) is 0 Å². The van der Waals surface area contributed by atoms with Crippen molar-refractivity contribution in [2.24, 2.45) is 10.9 Å². The molecule has 0 amide bonds. The molecule has 1 aliphatic rings. The largest absolute Gasteiger partial charge is 0.492 e. The maximum Gasteiger partial charge on any atom is 0.308 e.